The minimum atomic E-state index is -0.554. The van der Waals surface area contributed by atoms with Crippen LogP contribution in [0.5, 0.6) is 0 Å². The summed E-state index contributed by atoms with van der Waals surface area (Å²) in [7, 11) is 0. The Morgan fingerprint density at radius 3 is 2.10 bits per heavy atom. The van der Waals surface area contributed by atoms with E-state index in [-0.39, 0.29) is 5.56 Å². The van der Waals surface area contributed by atoms with Crippen molar-refractivity contribution in [1.29, 1.82) is 0 Å². The zero-order valence-electron chi connectivity index (χ0n) is 18.6. The molecule has 1 unspecified atom stereocenters. The van der Waals surface area contributed by atoms with Crippen LogP contribution in [-0.4, -0.2) is 0 Å². The van der Waals surface area contributed by atoms with Gasteiger partial charge in [-0.15, -0.1) is 0 Å². The average Bonchev–Trinajstić information content (AvgIpc) is 2.74. The summed E-state index contributed by atoms with van der Waals surface area (Å²) >= 11 is 0. The monoisotopic (exact) mass is 408 g/mol. The van der Waals surface area contributed by atoms with E-state index in [0.29, 0.717) is 11.8 Å². The van der Waals surface area contributed by atoms with Gasteiger partial charge in [-0.1, -0.05) is 70.4 Å². The summed E-state index contributed by atoms with van der Waals surface area (Å²) in [5.74, 6) is 6.46. The van der Waals surface area contributed by atoms with Crippen molar-refractivity contribution in [2.45, 2.75) is 72.1 Å². The molecule has 0 heterocycles. The standard InChI is InChI=1S/C28H34F2/c1-4-6-22-11-14-25(15-12-22)20(3)17-24-18-27(29)26(28(30)19-24)16-13-23-9-7-21(5-2)8-10-23/h7-10,18-20,22,25H,4-6,11-12,14-15,17H2,1-3H3. The van der Waals surface area contributed by atoms with Gasteiger partial charge in [0.1, 0.15) is 11.6 Å². The molecule has 0 aliphatic heterocycles. The molecule has 0 spiro atoms. The van der Waals surface area contributed by atoms with Crippen LogP contribution in [0.25, 0.3) is 0 Å². The van der Waals surface area contributed by atoms with E-state index in [2.05, 4.69) is 32.6 Å². The molecule has 2 aromatic carbocycles. The van der Waals surface area contributed by atoms with Crippen molar-refractivity contribution in [2.24, 2.45) is 17.8 Å². The van der Waals surface area contributed by atoms with Gasteiger partial charge in [0.15, 0.2) is 0 Å². The molecule has 0 saturated heterocycles. The molecule has 0 nitrogen and oxygen atoms in total. The second kappa shape index (κ2) is 10.8. The second-order valence-corrected chi connectivity index (χ2v) is 8.99. The first-order chi connectivity index (χ1) is 14.5. The first kappa shape index (κ1) is 22.5. The first-order valence-electron chi connectivity index (χ1n) is 11.6. The highest BCUT2D eigenvalue weighted by molar-refractivity contribution is 5.45. The lowest BCUT2D eigenvalue weighted by molar-refractivity contribution is 0.206. The quantitative estimate of drug-likeness (QED) is 0.429. The molecule has 1 atom stereocenters. The number of benzene rings is 2. The van der Waals surface area contributed by atoms with E-state index in [4.69, 9.17) is 0 Å². The summed E-state index contributed by atoms with van der Waals surface area (Å²) in [6, 6.07) is 10.7. The largest absolute Gasteiger partial charge is 0.206 e. The third kappa shape index (κ3) is 5.94. The lowest BCUT2D eigenvalue weighted by atomic mass is 9.73. The highest BCUT2D eigenvalue weighted by Crippen LogP contribution is 2.36. The molecule has 0 radical (unpaired) electrons. The van der Waals surface area contributed by atoms with Crippen molar-refractivity contribution < 1.29 is 8.78 Å². The fourth-order valence-electron chi connectivity index (χ4n) is 4.81. The van der Waals surface area contributed by atoms with Crippen molar-refractivity contribution >= 4 is 0 Å². The summed E-state index contributed by atoms with van der Waals surface area (Å²) in [6.07, 6.45) is 9.39. The molecule has 30 heavy (non-hydrogen) atoms. The molecule has 1 saturated carbocycles. The van der Waals surface area contributed by atoms with Gasteiger partial charge in [-0.25, -0.2) is 8.78 Å². The molecule has 160 valence electrons. The average molecular weight is 409 g/mol. The Bertz CT molecular complexity index is 854. The van der Waals surface area contributed by atoms with Crippen LogP contribution in [0.4, 0.5) is 8.78 Å². The maximum atomic E-state index is 14.6. The van der Waals surface area contributed by atoms with Crippen LogP contribution in [0.3, 0.4) is 0 Å². The summed E-state index contributed by atoms with van der Waals surface area (Å²) in [5, 5.41) is 0. The van der Waals surface area contributed by atoms with E-state index in [1.165, 1.54) is 56.2 Å². The zero-order valence-corrected chi connectivity index (χ0v) is 18.6. The molecule has 0 amide bonds. The van der Waals surface area contributed by atoms with Crippen LogP contribution in [0, 0.1) is 41.2 Å². The molecule has 2 aromatic rings. The smallest absolute Gasteiger partial charge is 0.142 e. The van der Waals surface area contributed by atoms with Crippen molar-refractivity contribution in [1.82, 2.24) is 0 Å². The summed E-state index contributed by atoms with van der Waals surface area (Å²) in [6.45, 7) is 6.58. The molecule has 0 bridgehead atoms. The molecule has 1 fully saturated rings. The zero-order chi connectivity index (χ0) is 21.5. The Hall–Kier alpha value is -2.14. The van der Waals surface area contributed by atoms with Gasteiger partial charge >= 0.3 is 0 Å². The van der Waals surface area contributed by atoms with Crippen LogP contribution in [0.1, 0.15) is 81.5 Å². The topological polar surface area (TPSA) is 0 Å². The Kier molecular flexibility index (Phi) is 8.08. The summed E-state index contributed by atoms with van der Waals surface area (Å²) in [5.41, 5.74) is 2.59. The van der Waals surface area contributed by atoms with E-state index in [9.17, 15) is 8.78 Å². The van der Waals surface area contributed by atoms with Crippen molar-refractivity contribution in [3.8, 4) is 11.8 Å². The fourth-order valence-corrected chi connectivity index (χ4v) is 4.81. The number of rotatable bonds is 6. The Labute approximate surface area is 181 Å². The molecular formula is C28H34F2. The van der Waals surface area contributed by atoms with E-state index < -0.39 is 11.6 Å². The van der Waals surface area contributed by atoms with E-state index in [0.717, 1.165) is 29.9 Å². The van der Waals surface area contributed by atoms with Crippen LogP contribution >= 0.6 is 0 Å². The maximum absolute atomic E-state index is 14.6. The Balaban J connectivity index is 1.65. The van der Waals surface area contributed by atoms with Crippen LogP contribution < -0.4 is 0 Å². The van der Waals surface area contributed by atoms with Gasteiger partial charge in [-0.3, -0.25) is 0 Å². The van der Waals surface area contributed by atoms with Gasteiger partial charge in [0.05, 0.1) is 5.56 Å². The van der Waals surface area contributed by atoms with E-state index in [1.807, 2.05) is 24.3 Å². The number of halogens is 2. The third-order valence-corrected chi connectivity index (χ3v) is 6.75. The minimum Gasteiger partial charge on any atom is -0.206 e. The van der Waals surface area contributed by atoms with Crippen molar-refractivity contribution in [2.75, 3.05) is 0 Å². The lowest BCUT2D eigenvalue weighted by Gasteiger charge is -2.32. The number of hydrogen-bond acceptors (Lipinski definition) is 0. The van der Waals surface area contributed by atoms with Crippen LogP contribution in [-0.2, 0) is 12.8 Å². The summed E-state index contributed by atoms with van der Waals surface area (Å²) in [4.78, 5) is 0. The van der Waals surface area contributed by atoms with Gasteiger partial charge in [0.25, 0.3) is 0 Å². The Morgan fingerprint density at radius 1 is 0.900 bits per heavy atom. The molecule has 3 rings (SSSR count). The molecule has 1 aliphatic carbocycles. The third-order valence-electron chi connectivity index (χ3n) is 6.75. The second-order valence-electron chi connectivity index (χ2n) is 8.99. The number of aryl methyl sites for hydroxylation is 1. The molecule has 0 N–H and O–H groups in total. The molecular weight excluding hydrogens is 374 g/mol. The van der Waals surface area contributed by atoms with Crippen LogP contribution in [0.2, 0.25) is 0 Å². The normalized spacial score (nSPS) is 19.8. The number of hydrogen-bond donors (Lipinski definition) is 0. The first-order valence-corrected chi connectivity index (χ1v) is 11.6. The maximum Gasteiger partial charge on any atom is 0.142 e. The van der Waals surface area contributed by atoms with E-state index in [1.54, 1.807) is 0 Å². The highest BCUT2D eigenvalue weighted by Gasteiger charge is 2.25. The van der Waals surface area contributed by atoms with E-state index >= 15 is 0 Å². The molecule has 1 aliphatic rings. The molecule has 2 heteroatoms. The molecule has 0 aromatic heterocycles. The van der Waals surface area contributed by atoms with Gasteiger partial charge in [0.2, 0.25) is 0 Å². The van der Waals surface area contributed by atoms with Crippen molar-refractivity contribution in [3.05, 3.63) is 70.3 Å². The Morgan fingerprint density at radius 2 is 1.53 bits per heavy atom. The SMILES string of the molecule is CCCC1CCC(C(C)Cc2cc(F)c(C#Cc3ccc(CC)cc3)c(F)c2)CC1. The minimum absolute atomic E-state index is 0.133. The highest BCUT2D eigenvalue weighted by atomic mass is 19.1. The predicted octanol–water partition coefficient (Wildman–Crippen LogP) is 7.71. The van der Waals surface area contributed by atoms with Crippen molar-refractivity contribution in [3.63, 3.8) is 0 Å². The lowest BCUT2D eigenvalue weighted by Crippen LogP contribution is -2.21. The predicted molar refractivity (Wildman–Crippen MR) is 121 cm³/mol. The van der Waals surface area contributed by atoms with Gasteiger partial charge in [0, 0.05) is 5.56 Å². The fraction of sp³-hybridized carbons (Fsp3) is 0.500. The van der Waals surface area contributed by atoms with Gasteiger partial charge < -0.3 is 0 Å². The summed E-state index contributed by atoms with van der Waals surface area (Å²) < 4.78 is 29.2. The van der Waals surface area contributed by atoms with Gasteiger partial charge in [-0.2, -0.15) is 0 Å². The van der Waals surface area contributed by atoms with Crippen LogP contribution in [0.15, 0.2) is 36.4 Å². The van der Waals surface area contributed by atoms with Gasteiger partial charge in [-0.05, 0) is 78.8 Å².